The van der Waals surface area contributed by atoms with E-state index < -0.39 is 0 Å². The predicted octanol–water partition coefficient (Wildman–Crippen LogP) is 1.63. The lowest BCUT2D eigenvalue weighted by Crippen LogP contribution is -2.06. The van der Waals surface area contributed by atoms with Crippen LogP contribution >= 0.6 is 0 Å². The van der Waals surface area contributed by atoms with Crippen molar-refractivity contribution in [3.05, 3.63) is 29.3 Å². The number of ether oxygens (including phenoxy) is 3. The predicted molar refractivity (Wildman–Crippen MR) is 55.0 cm³/mol. The Morgan fingerprint density at radius 1 is 1.27 bits per heavy atom. The largest absolute Gasteiger partial charge is 0.497 e. The van der Waals surface area contributed by atoms with Crippen molar-refractivity contribution in [3.63, 3.8) is 0 Å². The number of esters is 1. The standard InChI is InChI=1S/C11H14O4/c1-13-7-8-4-5-9(14-2)6-10(8)11(12)15-3/h4-6H,7H2,1-3H3. The molecule has 0 aliphatic rings. The Kier molecular flexibility index (Phi) is 4.12. The fourth-order valence-corrected chi connectivity index (χ4v) is 1.26. The van der Waals surface area contributed by atoms with Crippen LogP contribution in [0, 0.1) is 0 Å². The molecule has 1 aromatic rings. The summed E-state index contributed by atoms with van der Waals surface area (Å²) < 4.78 is 14.7. The molecule has 1 aromatic carbocycles. The van der Waals surface area contributed by atoms with Crippen LogP contribution in [0.4, 0.5) is 0 Å². The summed E-state index contributed by atoms with van der Waals surface area (Å²) in [5.74, 6) is 0.233. The Bertz CT molecular complexity index is 346. The normalized spacial score (nSPS) is 9.80. The Morgan fingerprint density at radius 3 is 2.53 bits per heavy atom. The van der Waals surface area contributed by atoms with Gasteiger partial charge in [0.15, 0.2) is 0 Å². The lowest BCUT2D eigenvalue weighted by molar-refractivity contribution is 0.0595. The molecule has 82 valence electrons. The van der Waals surface area contributed by atoms with E-state index in [9.17, 15) is 4.79 Å². The number of carbonyl (C=O) groups is 1. The molecule has 0 saturated carbocycles. The molecule has 0 atom stereocenters. The highest BCUT2D eigenvalue weighted by Crippen LogP contribution is 2.19. The summed E-state index contributed by atoms with van der Waals surface area (Å²) in [5.41, 5.74) is 1.25. The third-order valence-corrected chi connectivity index (χ3v) is 2.02. The van der Waals surface area contributed by atoms with Gasteiger partial charge in [-0.15, -0.1) is 0 Å². The van der Waals surface area contributed by atoms with Crippen molar-refractivity contribution in [3.8, 4) is 5.75 Å². The number of carbonyl (C=O) groups excluding carboxylic acids is 1. The summed E-state index contributed by atoms with van der Waals surface area (Å²) in [5, 5.41) is 0. The zero-order valence-corrected chi connectivity index (χ0v) is 9.07. The van der Waals surface area contributed by atoms with Crippen LogP contribution in [0.2, 0.25) is 0 Å². The smallest absolute Gasteiger partial charge is 0.338 e. The molecule has 0 spiro atoms. The van der Waals surface area contributed by atoms with E-state index in [4.69, 9.17) is 9.47 Å². The molecule has 0 N–H and O–H groups in total. The van der Waals surface area contributed by atoms with Crippen molar-refractivity contribution >= 4 is 5.97 Å². The zero-order valence-electron chi connectivity index (χ0n) is 9.07. The first-order valence-corrected chi connectivity index (χ1v) is 4.47. The van der Waals surface area contributed by atoms with Gasteiger partial charge in [0.2, 0.25) is 0 Å². The number of rotatable bonds is 4. The fourth-order valence-electron chi connectivity index (χ4n) is 1.26. The van der Waals surface area contributed by atoms with Crippen molar-refractivity contribution in [2.45, 2.75) is 6.61 Å². The first-order chi connectivity index (χ1) is 7.22. The van der Waals surface area contributed by atoms with E-state index in [1.54, 1.807) is 32.4 Å². The summed E-state index contributed by atoms with van der Waals surface area (Å²) in [6, 6.07) is 5.20. The van der Waals surface area contributed by atoms with Gasteiger partial charge in [-0.1, -0.05) is 6.07 Å². The van der Waals surface area contributed by atoms with Gasteiger partial charge in [-0.25, -0.2) is 4.79 Å². The Morgan fingerprint density at radius 2 is 2.00 bits per heavy atom. The van der Waals surface area contributed by atoms with Crippen LogP contribution in [0.1, 0.15) is 15.9 Å². The van der Waals surface area contributed by atoms with Crippen LogP contribution in [-0.4, -0.2) is 27.3 Å². The monoisotopic (exact) mass is 210 g/mol. The van der Waals surface area contributed by atoms with E-state index in [0.717, 1.165) is 5.56 Å². The molecule has 0 unspecified atom stereocenters. The van der Waals surface area contributed by atoms with E-state index in [2.05, 4.69) is 4.74 Å². The molecule has 4 nitrogen and oxygen atoms in total. The third-order valence-electron chi connectivity index (χ3n) is 2.02. The van der Waals surface area contributed by atoms with Crippen molar-refractivity contribution in [2.75, 3.05) is 21.3 Å². The number of hydrogen-bond donors (Lipinski definition) is 0. The van der Waals surface area contributed by atoms with Gasteiger partial charge in [-0.2, -0.15) is 0 Å². The van der Waals surface area contributed by atoms with Crippen LogP contribution in [0.15, 0.2) is 18.2 Å². The van der Waals surface area contributed by atoms with Gasteiger partial charge < -0.3 is 14.2 Å². The van der Waals surface area contributed by atoms with Gasteiger partial charge >= 0.3 is 5.97 Å². The molecular formula is C11H14O4. The highest BCUT2D eigenvalue weighted by atomic mass is 16.5. The number of benzene rings is 1. The Balaban J connectivity index is 3.10. The molecule has 0 amide bonds. The van der Waals surface area contributed by atoms with Gasteiger partial charge in [-0.05, 0) is 17.7 Å². The minimum atomic E-state index is -0.388. The van der Waals surface area contributed by atoms with Gasteiger partial charge in [-0.3, -0.25) is 0 Å². The van der Waals surface area contributed by atoms with E-state index >= 15 is 0 Å². The van der Waals surface area contributed by atoms with Crippen LogP contribution in [0.25, 0.3) is 0 Å². The molecule has 0 fully saturated rings. The second-order valence-corrected chi connectivity index (χ2v) is 2.95. The minimum Gasteiger partial charge on any atom is -0.497 e. The van der Waals surface area contributed by atoms with E-state index in [0.29, 0.717) is 17.9 Å². The summed E-state index contributed by atoms with van der Waals surface area (Å²) in [4.78, 5) is 11.4. The maximum absolute atomic E-state index is 11.4. The van der Waals surface area contributed by atoms with Gasteiger partial charge in [0, 0.05) is 7.11 Å². The van der Waals surface area contributed by atoms with Crippen molar-refractivity contribution in [1.29, 1.82) is 0 Å². The molecule has 0 bridgehead atoms. The van der Waals surface area contributed by atoms with Crippen molar-refractivity contribution in [2.24, 2.45) is 0 Å². The highest BCUT2D eigenvalue weighted by Gasteiger charge is 2.12. The molecule has 0 heterocycles. The second kappa shape index (κ2) is 5.36. The third kappa shape index (κ3) is 2.70. The van der Waals surface area contributed by atoms with Crippen LogP contribution in [0.5, 0.6) is 5.75 Å². The van der Waals surface area contributed by atoms with Crippen LogP contribution in [-0.2, 0) is 16.1 Å². The average molecular weight is 210 g/mol. The van der Waals surface area contributed by atoms with Crippen molar-refractivity contribution < 1.29 is 19.0 Å². The van der Waals surface area contributed by atoms with Gasteiger partial charge in [0.05, 0.1) is 26.4 Å². The summed E-state index contributed by atoms with van der Waals surface area (Å²) >= 11 is 0. The summed E-state index contributed by atoms with van der Waals surface area (Å²) in [7, 11) is 4.47. The molecule has 0 aliphatic carbocycles. The quantitative estimate of drug-likeness (QED) is 0.708. The zero-order chi connectivity index (χ0) is 11.3. The van der Waals surface area contributed by atoms with Crippen molar-refractivity contribution in [1.82, 2.24) is 0 Å². The Hall–Kier alpha value is -1.55. The van der Waals surface area contributed by atoms with Gasteiger partial charge in [0.1, 0.15) is 5.75 Å². The molecule has 0 radical (unpaired) electrons. The first kappa shape index (κ1) is 11.5. The van der Waals surface area contributed by atoms with Crippen LogP contribution in [0.3, 0.4) is 0 Å². The van der Waals surface area contributed by atoms with Crippen LogP contribution < -0.4 is 4.74 Å². The minimum absolute atomic E-state index is 0.369. The van der Waals surface area contributed by atoms with Gasteiger partial charge in [0.25, 0.3) is 0 Å². The highest BCUT2D eigenvalue weighted by molar-refractivity contribution is 5.91. The molecule has 4 heteroatoms. The molecule has 0 aromatic heterocycles. The van der Waals surface area contributed by atoms with E-state index in [1.165, 1.54) is 7.11 Å². The molecule has 1 rings (SSSR count). The molecule has 0 saturated heterocycles. The maximum atomic E-state index is 11.4. The molecule has 0 aliphatic heterocycles. The first-order valence-electron chi connectivity index (χ1n) is 4.47. The average Bonchev–Trinajstić information content (AvgIpc) is 2.29. The maximum Gasteiger partial charge on any atom is 0.338 e. The fraction of sp³-hybridized carbons (Fsp3) is 0.364. The van der Waals surface area contributed by atoms with E-state index in [-0.39, 0.29) is 5.97 Å². The SMILES string of the molecule is COCc1ccc(OC)cc1C(=O)OC. The number of hydrogen-bond acceptors (Lipinski definition) is 4. The lowest BCUT2D eigenvalue weighted by Gasteiger charge is -2.08. The second-order valence-electron chi connectivity index (χ2n) is 2.95. The lowest BCUT2D eigenvalue weighted by atomic mass is 10.1. The summed E-state index contributed by atoms with van der Waals surface area (Å²) in [6.45, 7) is 0.369. The summed E-state index contributed by atoms with van der Waals surface area (Å²) in [6.07, 6.45) is 0. The Labute approximate surface area is 88.8 Å². The number of methoxy groups -OCH3 is 3. The van der Waals surface area contributed by atoms with E-state index in [1.807, 2.05) is 0 Å². The topological polar surface area (TPSA) is 44.8 Å². The molecule has 15 heavy (non-hydrogen) atoms. The molecular weight excluding hydrogens is 196 g/mol.